The predicted molar refractivity (Wildman–Crippen MR) is 119 cm³/mol. The number of hydrogen-bond acceptors (Lipinski definition) is 6. The summed E-state index contributed by atoms with van der Waals surface area (Å²) in [4.78, 5) is 18.1. The maximum Gasteiger partial charge on any atom is 0.341 e. The average Bonchev–Trinajstić information content (AvgIpc) is 3.19. The number of nitrogens with zero attached hydrogens (tertiary/aromatic N) is 1. The Balaban J connectivity index is 1.86. The average molecular weight is 476 g/mol. The van der Waals surface area contributed by atoms with Gasteiger partial charge in [-0.3, -0.25) is 0 Å². The molecule has 0 saturated heterocycles. The summed E-state index contributed by atoms with van der Waals surface area (Å²) >= 11 is 4.86. The van der Waals surface area contributed by atoms with E-state index in [2.05, 4.69) is 20.9 Å². The Morgan fingerprint density at radius 2 is 2.14 bits per heavy atom. The van der Waals surface area contributed by atoms with Crippen LogP contribution in [0.5, 0.6) is 5.75 Å². The van der Waals surface area contributed by atoms with Crippen LogP contribution in [0, 0.1) is 13.8 Å². The molecule has 0 fully saturated rings. The first-order valence-corrected chi connectivity index (χ1v) is 11.3. The van der Waals surface area contributed by atoms with Gasteiger partial charge in [0.25, 0.3) is 0 Å². The van der Waals surface area contributed by atoms with Crippen molar-refractivity contribution in [2.45, 2.75) is 46.5 Å². The van der Waals surface area contributed by atoms with Crippen LogP contribution in [0.3, 0.4) is 0 Å². The van der Waals surface area contributed by atoms with Gasteiger partial charge >= 0.3 is 5.97 Å². The molecule has 0 atom stereocenters. The number of esters is 1. The zero-order valence-corrected chi connectivity index (χ0v) is 19.0. The van der Waals surface area contributed by atoms with Gasteiger partial charge in [-0.05, 0) is 67.6 Å². The molecule has 7 heteroatoms. The Morgan fingerprint density at radius 1 is 1.38 bits per heavy atom. The number of aromatic hydroxyl groups is 1. The highest BCUT2D eigenvalue weighted by atomic mass is 79.9. The molecule has 5 nitrogen and oxygen atoms in total. The Hall–Kier alpha value is -2.12. The second kappa shape index (κ2) is 7.95. The fraction of sp³-hybridized carbons (Fsp3) is 0.364. The summed E-state index contributed by atoms with van der Waals surface area (Å²) in [5, 5.41) is 12.2. The summed E-state index contributed by atoms with van der Waals surface area (Å²) in [5.74, 6) is 0.748. The molecule has 2 aromatic heterocycles. The Bertz CT molecular complexity index is 1140. The van der Waals surface area contributed by atoms with E-state index in [1.165, 1.54) is 11.3 Å². The fourth-order valence-electron chi connectivity index (χ4n) is 3.81. The lowest BCUT2D eigenvalue weighted by Gasteiger charge is -2.10. The molecule has 1 aliphatic rings. The maximum atomic E-state index is 12.4. The molecule has 0 spiro atoms. The largest absolute Gasteiger partial charge is 0.506 e. The van der Waals surface area contributed by atoms with Crippen LogP contribution in [-0.2, 0) is 17.6 Å². The first kappa shape index (κ1) is 20.2. The number of carbonyl (C=O) groups excluding carboxylic acids is 1. The topological polar surface area (TPSA) is 72.0 Å². The number of phenols is 1. The van der Waals surface area contributed by atoms with Gasteiger partial charge in [-0.15, -0.1) is 11.3 Å². The second-order valence-corrected chi connectivity index (χ2v) is 9.20. The van der Waals surface area contributed by atoms with E-state index in [0.29, 0.717) is 27.2 Å². The molecule has 0 unspecified atom stereocenters. The third kappa shape index (κ3) is 3.51. The SMILES string of the molecule is CCOC(=O)c1c(N=Cc2c(O)c(Br)cc3oc4c(c23)CCCC4)sc(C)c1C. The summed E-state index contributed by atoms with van der Waals surface area (Å²) in [6.07, 6.45) is 5.69. The number of aliphatic imine (C=N–C) groups is 1. The molecule has 2 heterocycles. The first-order chi connectivity index (χ1) is 13.9. The lowest BCUT2D eigenvalue weighted by Crippen LogP contribution is -2.05. The van der Waals surface area contributed by atoms with Crippen molar-refractivity contribution < 1.29 is 19.1 Å². The van der Waals surface area contributed by atoms with Crippen molar-refractivity contribution in [2.75, 3.05) is 6.61 Å². The number of hydrogen-bond donors (Lipinski definition) is 1. The minimum Gasteiger partial charge on any atom is -0.506 e. The molecule has 1 aromatic carbocycles. The van der Waals surface area contributed by atoms with Gasteiger partial charge in [0.2, 0.25) is 0 Å². The van der Waals surface area contributed by atoms with E-state index in [0.717, 1.165) is 58.4 Å². The number of carbonyl (C=O) groups is 1. The zero-order valence-electron chi connectivity index (χ0n) is 16.6. The van der Waals surface area contributed by atoms with Gasteiger partial charge in [0.15, 0.2) is 0 Å². The Labute approximate surface area is 181 Å². The van der Waals surface area contributed by atoms with Crippen molar-refractivity contribution in [1.29, 1.82) is 0 Å². The molecule has 152 valence electrons. The van der Waals surface area contributed by atoms with Crippen LogP contribution in [0.1, 0.15) is 57.5 Å². The zero-order chi connectivity index (χ0) is 20.7. The predicted octanol–water partition coefficient (Wildman–Crippen LogP) is 6.39. The van der Waals surface area contributed by atoms with E-state index < -0.39 is 0 Å². The molecule has 0 radical (unpaired) electrons. The summed E-state index contributed by atoms with van der Waals surface area (Å²) in [5.41, 5.74) is 3.88. The van der Waals surface area contributed by atoms with Gasteiger partial charge in [-0.2, -0.15) is 0 Å². The molecule has 29 heavy (non-hydrogen) atoms. The van der Waals surface area contributed by atoms with E-state index in [9.17, 15) is 9.90 Å². The standard InChI is InChI=1S/C22H22BrNO4S/c1-4-27-22(26)18-11(2)12(3)29-21(18)24-10-14-19-13-7-5-6-8-16(13)28-17(19)9-15(23)20(14)25/h9-10,25H,4-8H2,1-3H3. The Morgan fingerprint density at radius 3 is 2.90 bits per heavy atom. The van der Waals surface area contributed by atoms with Crippen molar-refractivity contribution in [2.24, 2.45) is 4.99 Å². The minimum atomic E-state index is -0.370. The monoisotopic (exact) mass is 475 g/mol. The molecule has 0 saturated carbocycles. The summed E-state index contributed by atoms with van der Waals surface area (Å²) in [7, 11) is 0. The summed E-state index contributed by atoms with van der Waals surface area (Å²) < 4.78 is 11.8. The Kier molecular flexibility index (Phi) is 5.53. The smallest absolute Gasteiger partial charge is 0.341 e. The van der Waals surface area contributed by atoms with Crippen molar-refractivity contribution >= 4 is 55.4 Å². The van der Waals surface area contributed by atoms with E-state index in [1.807, 2.05) is 19.9 Å². The van der Waals surface area contributed by atoms with Gasteiger partial charge in [-0.1, -0.05) is 0 Å². The van der Waals surface area contributed by atoms with Crippen LogP contribution >= 0.6 is 27.3 Å². The molecule has 4 rings (SSSR count). The molecule has 1 aliphatic carbocycles. The van der Waals surface area contributed by atoms with Gasteiger partial charge in [0.1, 0.15) is 22.1 Å². The number of thiophene rings is 1. The van der Waals surface area contributed by atoms with E-state index >= 15 is 0 Å². The number of fused-ring (bicyclic) bond motifs is 3. The van der Waals surface area contributed by atoms with E-state index in [-0.39, 0.29) is 11.7 Å². The first-order valence-electron chi connectivity index (χ1n) is 9.69. The molecule has 0 aliphatic heterocycles. The number of furan rings is 1. The van der Waals surface area contributed by atoms with E-state index in [4.69, 9.17) is 9.15 Å². The quantitative estimate of drug-likeness (QED) is 0.350. The van der Waals surface area contributed by atoms with Crippen LogP contribution in [-0.4, -0.2) is 23.9 Å². The van der Waals surface area contributed by atoms with Crippen LogP contribution in [0.15, 0.2) is 19.9 Å². The molecule has 0 amide bonds. The third-order valence-electron chi connectivity index (χ3n) is 5.36. The molecule has 3 aromatic rings. The van der Waals surface area contributed by atoms with Crippen LogP contribution in [0.25, 0.3) is 11.0 Å². The summed E-state index contributed by atoms with van der Waals surface area (Å²) in [6.45, 7) is 5.96. The summed E-state index contributed by atoms with van der Waals surface area (Å²) in [6, 6.07) is 1.81. The van der Waals surface area contributed by atoms with Gasteiger partial charge in [-0.25, -0.2) is 9.79 Å². The van der Waals surface area contributed by atoms with Crippen LogP contribution in [0.2, 0.25) is 0 Å². The lowest BCUT2D eigenvalue weighted by atomic mass is 9.94. The number of benzene rings is 1. The molecule has 0 bridgehead atoms. The highest BCUT2D eigenvalue weighted by Gasteiger charge is 2.24. The third-order valence-corrected chi connectivity index (χ3v) is 7.08. The van der Waals surface area contributed by atoms with Crippen molar-refractivity contribution in [3.8, 4) is 5.75 Å². The van der Waals surface area contributed by atoms with Gasteiger partial charge in [0, 0.05) is 34.0 Å². The maximum absolute atomic E-state index is 12.4. The number of halogens is 1. The second-order valence-electron chi connectivity index (χ2n) is 7.15. The number of phenolic OH excluding ortho intramolecular Hbond substituents is 1. The highest BCUT2D eigenvalue weighted by Crippen LogP contribution is 2.41. The van der Waals surface area contributed by atoms with Crippen molar-refractivity contribution in [3.63, 3.8) is 0 Å². The number of ether oxygens (including phenoxy) is 1. The van der Waals surface area contributed by atoms with E-state index in [1.54, 1.807) is 13.1 Å². The van der Waals surface area contributed by atoms with Crippen molar-refractivity contribution in [1.82, 2.24) is 0 Å². The number of aryl methyl sites for hydroxylation is 3. The minimum absolute atomic E-state index is 0.123. The molecular weight excluding hydrogens is 454 g/mol. The molecular formula is C22H22BrNO4S. The fourth-order valence-corrected chi connectivity index (χ4v) is 5.22. The lowest BCUT2D eigenvalue weighted by molar-refractivity contribution is 0.0527. The highest BCUT2D eigenvalue weighted by molar-refractivity contribution is 9.10. The van der Waals surface area contributed by atoms with Crippen molar-refractivity contribution in [3.05, 3.63) is 43.4 Å². The van der Waals surface area contributed by atoms with Crippen LogP contribution < -0.4 is 0 Å². The number of rotatable bonds is 4. The van der Waals surface area contributed by atoms with Gasteiger partial charge < -0.3 is 14.3 Å². The van der Waals surface area contributed by atoms with Crippen LogP contribution in [0.4, 0.5) is 5.00 Å². The normalized spacial score (nSPS) is 13.9. The molecule has 1 N–H and O–H groups in total. The van der Waals surface area contributed by atoms with Gasteiger partial charge in [0.05, 0.1) is 16.6 Å².